The van der Waals surface area contributed by atoms with E-state index in [0.717, 1.165) is 11.2 Å². The molecule has 32 heavy (non-hydrogen) atoms. The molecule has 0 radical (unpaired) electrons. The lowest BCUT2D eigenvalue weighted by Crippen LogP contribution is -2.72. The number of benzene rings is 5. The van der Waals surface area contributed by atoms with Crippen LogP contribution in [0.15, 0.2) is 126 Å². The normalized spacial score (nSPS) is 13.9. The fourth-order valence-corrected chi connectivity index (χ4v) is 10.9. The maximum atomic E-state index is 6.29. The standard InChI is InChI=1S/C30H20OSi/c1-3-11-21(12-4-1)32(22-13-5-2-6-14-22)27-18-10-8-16-24(27)30-28(32)20-19-26-29(30)23-15-7-9-17-25(23)31-26/h1-20H. The third-order valence-corrected chi connectivity index (χ3v) is 11.8. The van der Waals surface area contributed by atoms with Gasteiger partial charge < -0.3 is 4.42 Å². The first-order valence-electron chi connectivity index (χ1n) is 11.0. The molecule has 0 atom stereocenters. The van der Waals surface area contributed by atoms with Gasteiger partial charge in [0.1, 0.15) is 11.2 Å². The zero-order chi connectivity index (χ0) is 21.1. The molecule has 5 aromatic carbocycles. The van der Waals surface area contributed by atoms with Crippen molar-refractivity contribution in [3.05, 3.63) is 121 Å². The highest BCUT2D eigenvalue weighted by atomic mass is 28.3. The predicted molar refractivity (Wildman–Crippen MR) is 136 cm³/mol. The van der Waals surface area contributed by atoms with Crippen LogP contribution in [-0.4, -0.2) is 8.07 Å². The van der Waals surface area contributed by atoms with Crippen molar-refractivity contribution in [3.63, 3.8) is 0 Å². The SMILES string of the molecule is c1ccc([Si]2(c3ccccc3)c3ccccc3-c3c2ccc2oc4ccccc4c32)cc1. The van der Waals surface area contributed by atoms with Gasteiger partial charge in [0, 0.05) is 10.8 Å². The molecule has 0 N–H and O–H groups in total. The molecule has 0 spiro atoms. The Bertz CT molecular complexity index is 1570. The average molecular weight is 425 g/mol. The lowest BCUT2D eigenvalue weighted by atomic mass is 10.00. The molecule has 0 bridgehead atoms. The Kier molecular flexibility index (Phi) is 3.64. The molecule has 2 heterocycles. The van der Waals surface area contributed by atoms with E-state index in [9.17, 15) is 0 Å². The summed E-state index contributed by atoms with van der Waals surface area (Å²) in [4.78, 5) is 0. The number of fused-ring (bicyclic) bond motifs is 7. The Morgan fingerprint density at radius 1 is 0.469 bits per heavy atom. The van der Waals surface area contributed by atoms with Crippen LogP contribution in [0.25, 0.3) is 33.1 Å². The minimum absolute atomic E-state index is 0.951. The van der Waals surface area contributed by atoms with Crippen molar-refractivity contribution in [1.82, 2.24) is 0 Å². The van der Waals surface area contributed by atoms with Crippen LogP contribution >= 0.6 is 0 Å². The number of furan rings is 1. The summed E-state index contributed by atoms with van der Waals surface area (Å²) in [6, 6.07) is 44.2. The van der Waals surface area contributed by atoms with E-state index in [0.29, 0.717) is 0 Å². The van der Waals surface area contributed by atoms with Crippen LogP contribution in [0.5, 0.6) is 0 Å². The highest BCUT2D eigenvalue weighted by Gasteiger charge is 2.49. The summed E-state index contributed by atoms with van der Waals surface area (Å²) in [5.41, 5.74) is 4.61. The second kappa shape index (κ2) is 6.56. The highest BCUT2D eigenvalue weighted by Crippen LogP contribution is 2.39. The van der Waals surface area contributed by atoms with Gasteiger partial charge in [-0.2, -0.15) is 0 Å². The van der Waals surface area contributed by atoms with Crippen LogP contribution in [0.3, 0.4) is 0 Å². The molecule has 1 nitrogen and oxygen atoms in total. The molecular formula is C30H20OSi. The first-order valence-corrected chi connectivity index (χ1v) is 13.0. The van der Waals surface area contributed by atoms with Gasteiger partial charge in [0.05, 0.1) is 0 Å². The fraction of sp³-hybridized carbons (Fsp3) is 0. The Labute approximate surface area is 187 Å². The second-order valence-corrected chi connectivity index (χ2v) is 12.2. The summed E-state index contributed by atoms with van der Waals surface area (Å²) in [5, 5.41) is 8.20. The van der Waals surface area contributed by atoms with Crippen molar-refractivity contribution in [2.24, 2.45) is 0 Å². The van der Waals surface area contributed by atoms with Gasteiger partial charge in [0.15, 0.2) is 8.07 Å². The quantitative estimate of drug-likeness (QED) is 0.358. The van der Waals surface area contributed by atoms with E-state index >= 15 is 0 Å². The fourth-order valence-electron chi connectivity index (χ4n) is 5.75. The van der Waals surface area contributed by atoms with Crippen LogP contribution in [0, 0.1) is 0 Å². The second-order valence-electron chi connectivity index (χ2n) is 8.49. The van der Waals surface area contributed by atoms with Gasteiger partial charge in [0.2, 0.25) is 0 Å². The van der Waals surface area contributed by atoms with Gasteiger partial charge >= 0.3 is 0 Å². The van der Waals surface area contributed by atoms with Crippen molar-refractivity contribution in [2.75, 3.05) is 0 Å². The van der Waals surface area contributed by atoms with Gasteiger partial charge in [0.25, 0.3) is 0 Å². The van der Waals surface area contributed by atoms with E-state index in [4.69, 9.17) is 4.42 Å². The highest BCUT2D eigenvalue weighted by molar-refractivity contribution is 7.22. The number of rotatable bonds is 2. The zero-order valence-electron chi connectivity index (χ0n) is 17.5. The molecule has 6 aromatic rings. The monoisotopic (exact) mass is 424 g/mol. The molecule has 1 aromatic heterocycles. The lowest BCUT2D eigenvalue weighted by molar-refractivity contribution is 0.669. The third-order valence-electron chi connectivity index (χ3n) is 6.96. The Morgan fingerprint density at radius 2 is 1.09 bits per heavy atom. The van der Waals surface area contributed by atoms with Crippen molar-refractivity contribution < 1.29 is 4.42 Å². The lowest BCUT2D eigenvalue weighted by Gasteiger charge is -2.31. The van der Waals surface area contributed by atoms with E-state index in [1.54, 1.807) is 0 Å². The van der Waals surface area contributed by atoms with Crippen LogP contribution in [0.2, 0.25) is 0 Å². The summed E-state index contributed by atoms with van der Waals surface area (Å²) < 4.78 is 6.29. The van der Waals surface area contributed by atoms with Crippen molar-refractivity contribution in [1.29, 1.82) is 0 Å². The Hall–Kier alpha value is -3.88. The summed E-state index contributed by atoms with van der Waals surface area (Å²) >= 11 is 0. The number of para-hydroxylation sites is 1. The van der Waals surface area contributed by atoms with Gasteiger partial charge in [-0.25, -0.2) is 0 Å². The van der Waals surface area contributed by atoms with Crippen molar-refractivity contribution in [3.8, 4) is 11.1 Å². The molecule has 0 fully saturated rings. The average Bonchev–Trinajstić information content (AvgIpc) is 3.39. The molecule has 0 saturated heterocycles. The minimum atomic E-state index is -2.45. The van der Waals surface area contributed by atoms with E-state index in [2.05, 4.69) is 115 Å². The van der Waals surface area contributed by atoms with Crippen LogP contribution in [0.4, 0.5) is 0 Å². The van der Waals surface area contributed by atoms with Gasteiger partial charge in [-0.05, 0) is 44.0 Å². The molecule has 1 aliphatic rings. The molecule has 0 saturated carbocycles. The van der Waals surface area contributed by atoms with Crippen LogP contribution in [-0.2, 0) is 0 Å². The smallest absolute Gasteiger partial charge is 0.180 e. The van der Waals surface area contributed by atoms with Gasteiger partial charge in [-0.15, -0.1) is 0 Å². The first kappa shape index (κ1) is 17.8. The van der Waals surface area contributed by atoms with Gasteiger partial charge in [-0.3, -0.25) is 0 Å². The van der Waals surface area contributed by atoms with E-state index in [1.165, 1.54) is 42.6 Å². The topological polar surface area (TPSA) is 13.1 Å². The zero-order valence-corrected chi connectivity index (χ0v) is 18.5. The molecular weight excluding hydrogens is 404 g/mol. The van der Waals surface area contributed by atoms with E-state index in [-0.39, 0.29) is 0 Å². The summed E-state index contributed by atoms with van der Waals surface area (Å²) in [5.74, 6) is 0. The summed E-state index contributed by atoms with van der Waals surface area (Å²) in [6.45, 7) is 0. The van der Waals surface area contributed by atoms with Crippen LogP contribution in [0.1, 0.15) is 0 Å². The molecule has 1 aliphatic heterocycles. The molecule has 0 amide bonds. The summed E-state index contributed by atoms with van der Waals surface area (Å²) in [6.07, 6.45) is 0. The van der Waals surface area contributed by atoms with Crippen molar-refractivity contribution >= 4 is 50.8 Å². The molecule has 0 unspecified atom stereocenters. The van der Waals surface area contributed by atoms with E-state index < -0.39 is 8.07 Å². The minimum Gasteiger partial charge on any atom is -0.456 e. The molecule has 7 rings (SSSR count). The number of hydrogen-bond acceptors (Lipinski definition) is 1. The summed E-state index contributed by atoms with van der Waals surface area (Å²) in [7, 11) is -2.45. The van der Waals surface area contributed by atoms with Crippen LogP contribution < -0.4 is 20.7 Å². The van der Waals surface area contributed by atoms with E-state index in [1.807, 2.05) is 6.07 Å². The largest absolute Gasteiger partial charge is 0.456 e. The predicted octanol–water partition coefficient (Wildman–Crippen LogP) is 4.94. The third kappa shape index (κ3) is 2.17. The maximum Gasteiger partial charge on any atom is 0.180 e. The molecule has 150 valence electrons. The maximum absolute atomic E-state index is 6.29. The first-order chi connectivity index (χ1) is 15.9. The Morgan fingerprint density at radius 3 is 1.84 bits per heavy atom. The molecule has 2 heteroatoms. The Balaban J connectivity index is 1.73. The van der Waals surface area contributed by atoms with Gasteiger partial charge in [-0.1, -0.05) is 109 Å². The number of hydrogen-bond donors (Lipinski definition) is 0. The van der Waals surface area contributed by atoms with Crippen molar-refractivity contribution in [2.45, 2.75) is 0 Å². The molecule has 0 aliphatic carbocycles.